The second kappa shape index (κ2) is 10.5. The highest BCUT2D eigenvalue weighted by Crippen LogP contribution is 2.51. The summed E-state index contributed by atoms with van der Waals surface area (Å²) in [4.78, 5) is 1.32. The lowest BCUT2D eigenvalue weighted by atomic mass is 9.80. The zero-order valence-corrected chi connectivity index (χ0v) is 26.7. The minimum atomic E-state index is -0.0950. The van der Waals surface area contributed by atoms with Gasteiger partial charge in [-0.15, -0.1) is 0 Å². The Bertz CT molecular complexity index is 2200. The van der Waals surface area contributed by atoms with Crippen LogP contribution in [0.15, 0.2) is 151 Å². The van der Waals surface area contributed by atoms with Crippen LogP contribution in [0.1, 0.15) is 53.1 Å². The number of hydrogen-bond donors (Lipinski definition) is 2. The number of benzene rings is 6. The predicted molar refractivity (Wildman–Crippen MR) is 195 cm³/mol. The van der Waals surface area contributed by atoms with Crippen molar-refractivity contribution in [2.75, 3.05) is 5.32 Å². The second-order valence-electron chi connectivity index (χ2n) is 13.1. The fourth-order valence-corrected chi connectivity index (χ4v) is 8.52. The maximum Gasteiger partial charge on any atom is 0.103 e. The summed E-state index contributed by atoms with van der Waals surface area (Å²) in [6.45, 7) is 4.75. The molecule has 0 aromatic heterocycles. The molecule has 2 atom stereocenters. The van der Waals surface area contributed by atoms with Crippen molar-refractivity contribution in [3.63, 3.8) is 0 Å². The number of para-hydroxylation sites is 1. The van der Waals surface area contributed by atoms with Crippen LogP contribution in [0.4, 0.5) is 5.69 Å². The third-order valence-electron chi connectivity index (χ3n) is 9.96. The van der Waals surface area contributed by atoms with Gasteiger partial charge in [-0.2, -0.15) is 0 Å². The lowest BCUT2D eigenvalue weighted by molar-refractivity contribution is 0.656. The fraction of sp³-hybridized carbons (Fsp3) is 0.116. The molecule has 222 valence electrons. The van der Waals surface area contributed by atoms with Gasteiger partial charge in [0.15, 0.2) is 0 Å². The number of rotatable bonds is 4. The molecule has 46 heavy (non-hydrogen) atoms. The van der Waals surface area contributed by atoms with E-state index in [0.717, 1.165) is 5.70 Å². The quantitative estimate of drug-likeness (QED) is 0.208. The van der Waals surface area contributed by atoms with Gasteiger partial charge in [-0.3, -0.25) is 0 Å². The first-order chi connectivity index (χ1) is 22.5. The summed E-state index contributed by atoms with van der Waals surface area (Å²) in [7, 11) is 0. The van der Waals surface area contributed by atoms with E-state index < -0.39 is 0 Å². The molecule has 9 rings (SSSR count). The van der Waals surface area contributed by atoms with Crippen molar-refractivity contribution in [1.29, 1.82) is 0 Å². The summed E-state index contributed by atoms with van der Waals surface area (Å²) in [5, 5.41) is 10.3. The van der Waals surface area contributed by atoms with Crippen molar-refractivity contribution >= 4 is 33.9 Å². The van der Waals surface area contributed by atoms with Crippen LogP contribution in [0.2, 0.25) is 0 Å². The van der Waals surface area contributed by atoms with Gasteiger partial charge in [0.25, 0.3) is 0 Å². The van der Waals surface area contributed by atoms with Gasteiger partial charge < -0.3 is 10.6 Å². The van der Waals surface area contributed by atoms with E-state index in [1.54, 1.807) is 0 Å². The molecule has 2 heterocycles. The number of allylic oxidation sites excluding steroid dienone is 2. The van der Waals surface area contributed by atoms with Crippen molar-refractivity contribution < 1.29 is 0 Å². The molecule has 6 aromatic rings. The zero-order chi connectivity index (χ0) is 30.8. The lowest BCUT2D eigenvalue weighted by Gasteiger charge is -2.26. The number of nitrogens with one attached hydrogen (secondary N) is 2. The van der Waals surface area contributed by atoms with Crippen molar-refractivity contribution in [2.45, 2.75) is 35.6 Å². The summed E-state index contributed by atoms with van der Waals surface area (Å²) in [5.74, 6) is 0. The molecule has 0 fully saturated rings. The monoisotopic (exact) mass is 610 g/mol. The topological polar surface area (TPSA) is 24.1 Å². The molecule has 3 heteroatoms. The minimum absolute atomic E-state index is 0.0950. The average Bonchev–Trinajstić information content (AvgIpc) is 3.64. The third-order valence-corrected chi connectivity index (χ3v) is 11.2. The maximum absolute atomic E-state index is 3.82. The van der Waals surface area contributed by atoms with Gasteiger partial charge in [-0.1, -0.05) is 141 Å². The molecule has 2 N–H and O–H groups in total. The minimum Gasteiger partial charge on any atom is -0.374 e. The Morgan fingerprint density at radius 2 is 1.28 bits per heavy atom. The van der Waals surface area contributed by atoms with E-state index in [0.29, 0.717) is 0 Å². The first-order valence-electron chi connectivity index (χ1n) is 16.1. The van der Waals surface area contributed by atoms with E-state index in [1.165, 1.54) is 71.4 Å². The van der Waals surface area contributed by atoms with Crippen LogP contribution in [0.3, 0.4) is 0 Å². The van der Waals surface area contributed by atoms with Crippen molar-refractivity contribution in [3.8, 4) is 22.3 Å². The van der Waals surface area contributed by atoms with Crippen LogP contribution < -0.4 is 10.6 Å². The molecule has 2 nitrogen and oxygen atoms in total. The molecule has 0 saturated heterocycles. The Labute approximate surface area is 274 Å². The van der Waals surface area contributed by atoms with Gasteiger partial charge in [0.05, 0.1) is 6.04 Å². The van der Waals surface area contributed by atoms with Crippen LogP contribution in [0, 0.1) is 0 Å². The Balaban J connectivity index is 0.970. The van der Waals surface area contributed by atoms with Crippen LogP contribution in [-0.2, 0) is 5.41 Å². The van der Waals surface area contributed by atoms with E-state index in [4.69, 9.17) is 0 Å². The molecule has 2 unspecified atom stereocenters. The molecule has 3 aliphatic rings. The average molecular weight is 611 g/mol. The third kappa shape index (κ3) is 4.49. The molecule has 0 radical (unpaired) electrons. The standard InChI is InChI=1S/C43H34N2S/c1-43(2)36-25-31(28-14-17-29(18-15-28)42-45-40-10-5-6-13-41(40)46-42)20-22-34(36)35-23-21-33(26-37(35)43)39-12-7-11-38(44-39)32-19-16-27-8-3-4-9-30(27)24-32/h3-26,39,42,44-45H,1-2H3. The SMILES string of the molecule is CC1(C)c2cc(-c3ccc(C4Nc5ccccc5S4)cc3)ccc2-c2ccc(C3C=CC=C(c4ccc5ccccc5c4)N3)cc21. The van der Waals surface area contributed by atoms with Crippen LogP contribution in [0.5, 0.6) is 0 Å². The summed E-state index contributed by atoms with van der Waals surface area (Å²) in [5.41, 5.74) is 14.1. The van der Waals surface area contributed by atoms with Crippen LogP contribution in [-0.4, -0.2) is 0 Å². The molecule has 0 bridgehead atoms. The van der Waals surface area contributed by atoms with Gasteiger partial charge in [0.2, 0.25) is 0 Å². The maximum atomic E-state index is 3.82. The first kappa shape index (κ1) is 27.3. The fourth-order valence-electron chi connectivity index (χ4n) is 7.37. The molecular formula is C43H34N2S. The van der Waals surface area contributed by atoms with Gasteiger partial charge in [-0.25, -0.2) is 0 Å². The van der Waals surface area contributed by atoms with Crippen molar-refractivity contribution in [2.24, 2.45) is 0 Å². The normalized spacial score (nSPS) is 18.7. The van der Waals surface area contributed by atoms with E-state index in [2.05, 4.69) is 170 Å². The van der Waals surface area contributed by atoms with Crippen molar-refractivity contribution in [3.05, 3.63) is 173 Å². The van der Waals surface area contributed by atoms with Gasteiger partial charge >= 0.3 is 0 Å². The Morgan fingerprint density at radius 1 is 0.587 bits per heavy atom. The first-order valence-corrected chi connectivity index (χ1v) is 17.0. The number of thioether (sulfide) groups is 1. The summed E-state index contributed by atoms with van der Waals surface area (Å²) in [6, 6.07) is 47.1. The highest BCUT2D eigenvalue weighted by atomic mass is 32.2. The lowest BCUT2D eigenvalue weighted by Crippen LogP contribution is -2.21. The number of anilines is 1. The predicted octanol–water partition coefficient (Wildman–Crippen LogP) is 11.3. The second-order valence-corrected chi connectivity index (χ2v) is 14.2. The molecular weight excluding hydrogens is 577 g/mol. The number of hydrogen-bond acceptors (Lipinski definition) is 3. The molecule has 1 aliphatic carbocycles. The van der Waals surface area contributed by atoms with Crippen LogP contribution >= 0.6 is 11.8 Å². The molecule has 6 aromatic carbocycles. The Morgan fingerprint density at radius 3 is 2.13 bits per heavy atom. The van der Waals surface area contributed by atoms with Crippen molar-refractivity contribution in [1.82, 2.24) is 5.32 Å². The molecule has 0 spiro atoms. The molecule has 0 saturated carbocycles. The number of fused-ring (bicyclic) bond motifs is 5. The van der Waals surface area contributed by atoms with E-state index >= 15 is 0 Å². The van der Waals surface area contributed by atoms with Gasteiger partial charge in [0.1, 0.15) is 5.37 Å². The van der Waals surface area contributed by atoms with E-state index in [1.807, 2.05) is 11.8 Å². The zero-order valence-electron chi connectivity index (χ0n) is 25.9. The summed E-state index contributed by atoms with van der Waals surface area (Å²) < 4.78 is 0. The highest BCUT2D eigenvalue weighted by Gasteiger charge is 2.36. The summed E-state index contributed by atoms with van der Waals surface area (Å²) in [6.07, 6.45) is 6.64. The van der Waals surface area contributed by atoms with E-state index in [9.17, 15) is 0 Å². The number of dihydropyridines is 1. The van der Waals surface area contributed by atoms with Crippen LogP contribution in [0.25, 0.3) is 38.7 Å². The van der Waals surface area contributed by atoms with Gasteiger partial charge in [-0.05, 0) is 91.2 Å². The van der Waals surface area contributed by atoms with Gasteiger partial charge in [0, 0.05) is 21.7 Å². The Kier molecular flexibility index (Phi) is 6.26. The largest absolute Gasteiger partial charge is 0.374 e. The highest BCUT2D eigenvalue weighted by molar-refractivity contribution is 8.00. The molecule has 0 amide bonds. The Hall–Kier alpha value is -4.99. The van der Waals surface area contributed by atoms with E-state index in [-0.39, 0.29) is 16.8 Å². The molecule has 2 aliphatic heterocycles. The summed E-state index contributed by atoms with van der Waals surface area (Å²) >= 11 is 1.89. The smallest absolute Gasteiger partial charge is 0.103 e.